The Bertz CT molecular complexity index is 515. The SMILES string of the molecule is Nc1c(F)cccc1C(=O)NC(CC(=O)O)C1CC1. The van der Waals surface area contributed by atoms with Gasteiger partial charge in [0.25, 0.3) is 5.91 Å². The number of hydrogen-bond acceptors (Lipinski definition) is 3. The first-order valence-electron chi connectivity index (χ1n) is 6.05. The molecule has 0 aromatic heterocycles. The number of aliphatic carboxylic acids is 1. The molecule has 0 radical (unpaired) electrons. The largest absolute Gasteiger partial charge is 0.481 e. The zero-order valence-corrected chi connectivity index (χ0v) is 10.2. The van der Waals surface area contributed by atoms with Gasteiger partial charge in [0.1, 0.15) is 5.82 Å². The van der Waals surface area contributed by atoms with Crippen molar-refractivity contribution < 1.29 is 19.1 Å². The zero-order chi connectivity index (χ0) is 14.0. The topological polar surface area (TPSA) is 92.4 Å². The van der Waals surface area contributed by atoms with Crippen LogP contribution in [-0.4, -0.2) is 23.0 Å². The number of halogens is 1. The number of hydrogen-bond donors (Lipinski definition) is 3. The summed E-state index contributed by atoms with van der Waals surface area (Å²) in [6.45, 7) is 0. The summed E-state index contributed by atoms with van der Waals surface area (Å²) in [6.07, 6.45) is 1.67. The predicted octanol–water partition coefficient (Wildman–Crippen LogP) is 1.39. The number of nitrogen functional groups attached to an aromatic ring is 1. The van der Waals surface area contributed by atoms with Crippen LogP contribution in [0.25, 0.3) is 0 Å². The van der Waals surface area contributed by atoms with E-state index < -0.39 is 23.7 Å². The highest BCUT2D eigenvalue weighted by Gasteiger charge is 2.34. The van der Waals surface area contributed by atoms with Gasteiger partial charge in [0, 0.05) is 6.04 Å². The molecule has 0 heterocycles. The second-order valence-electron chi connectivity index (χ2n) is 4.72. The van der Waals surface area contributed by atoms with Crippen LogP contribution in [0.4, 0.5) is 10.1 Å². The molecule has 5 nitrogen and oxygen atoms in total. The number of anilines is 1. The van der Waals surface area contributed by atoms with E-state index in [9.17, 15) is 14.0 Å². The number of carboxylic acid groups (broad SMARTS) is 1. The monoisotopic (exact) mass is 266 g/mol. The van der Waals surface area contributed by atoms with Crippen molar-refractivity contribution in [3.05, 3.63) is 29.6 Å². The van der Waals surface area contributed by atoms with Crippen molar-refractivity contribution in [2.24, 2.45) is 5.92 Å². The van der Waals surface area contributed by atoms with E-state index in [0.717, 1.165) is 12.8 Å². The summed E-state index contributed by atoms with van der Waals surface area (Å²) >= 11 is 0. The molecule has 1 amide bonds. The summed E-state index contributed by atoms with van der Waals surface area (Å²) < 4.78 is 13.3. The van der Waals surface area contributed by atoms with Crippen molar-refractivity contribution in [3.8, 4) is 0 Å². The highest BCUT2D eigenvalue weighted by molar-refractivity contribution is 5.99. The van der Waals surface area contributed by atoms with Crippen LogP contribution in [0.2, 0.25) is 0 Å². The molecule has 1 atom stereocenters. The molecule has 6 heteroatoms. The maximum Gasteiger partial charge on any atom is 0.305 e. The molecule has 1 saturated carbocycles. The molecule has 2 rings (SSSR count). The molecule has 0 aliphatic heterocycles. The van der Waals surface area contributed by atoms with Gasteiger partial charge in [0.05, 0.1) is 17.7 Å². The highest BCUT2D eigenvalue weighted by Crippen LogP contribution is 2.34. The third-order valence-corrected chi connectivity index (χ3v) is 3.20. The number of para-hydroxylation sites is 1. The van der Waals surface area contributed by atoms with Gasteiger partial charge in [-0.1, -0.05) is 6.07 Å². The van der Waals surface area contributed by atoms with Crippen LogP contribution in [0.5, 0.6) is 0 Å². The maximum absolute atomic E-state index is 13.3. The van der Waals surface area contributed by atoms with Crippen LogP contribution in [0.1, 0.15) is 29.6 Å². The average molecular weight is 266 g/mol. The summed E-state index contributed by atoms with van der Waals surface area (Å²) in [7, 11) is 0. The Morgan fingerprint density at radius 3 is 2.74 bits per heavy atom. The van der Waals surface area contributed by atoms with Crippen molar-refractivity contribution in [2.75, 3.05) is 5.73 Å². The minimum atomic E-state index is -0.968. The first-order valence-corrected chi connectivity index (χ1v) is 6.05. The minimum absolute atomic E-state index is 0.0380. The van der Waals surface area contributed by atoms with Gasteiger partial charge >= 0.3 is 5.97 Å². The number of carbonyl (C=O) groups excluding carboxylic acids is 1. The van der Waals surface area contributed by atoms with Crippen molar-refractivity contribution in [1.82, 2.24) is 5.32 Å². The summed E-state index contributed by atoms with van der Waals surface area (Å²) in [6, 6.07) is 3.55. The van der Waals surface area contributed by atoms with Crippen molar-refractivity contribution in [2.45, 2.75) is 25.3 Å². The van der Waals surface area contributed by atoms with E-state index in [-0.39, 0.29) is 23.6 Å². The van der Waals surface area contributed by atoms with E-state index in [1.54, 1.807) is 0 Å². The van der Waals surface area contributed by atoms with Crippen molar-refractivity contribution in [3.63, 3.8) is 0 Å². The number of nitrogens with two attached hydrogens (primary N) is 1. The highest BCUT2D eigenvalue weighted by atomic mass is 19.1. The Kier molecular flexibility index (Phi) is 3.69. The Balaban J connectivity index is 2.10. The van der Waals surface area contributed by atoms with Gasteiger partial charge in [0.2, 0.25) is 0 Å². The molecule has 19 heavy (non-hydrogen) atoms. The van der Waals surface area contributed by atoms with Crippen molar-refractivity contribution in [1.29, 1.82) is 0 Å². The summed E-state index contributed by atoms with van der Waals surface area (Å²) in [4.78, 5) is 22.7. The van der Waals surface area contributed by atoms with E-state index >= 15 is 0 Å². The lowest BCUT2D eigenvalue weighted by atomic mass is 10.1. The summed E-state index contributed by atoms with van der Waals surface area (Å²) in [5.41, 5.74) is 5.32. The molecule has 1 aromatic carbocycles. The van der Waals surface area contributed by atoms with Crippen LogP contribution in [0.3, 0.4) is 0 Å². The van der Waals surface area contributed by atoms with E-state index in [4.69, 9.17) is 10.8 Å². The first kappa shape index (κ1) is 13.3. The fourth-order valence-corrected chi connectivity index (χ4v) is 2.00. The second-order valence-corrected chi connectivity index (χ2v) is 4.72. The van der Waals surface area contributed by atoms with Crippen LogP contribution in [0, 0.1) is 11.7 Å². The number of benzene rings is 1. The number of amides is 1. The maximum atomic E-state index is 13.3. The number of carboxylic acids is 1. The number of rotatable bonds is 5. The smallest absolute Gasteiger partial charge is 0.305 e. The molecule has 102 valence electrons. The van der Waals surface area contributed by atoms with E-state index in [1.165, 1.54) is 18.2 Å². The van der Waals surface area contributed by atoms with Gasteiger partial charge in [-0.15, -0.1) is 0 Å². The molecule has 4 N–H and O–H groups in total. The molecule has 0 bridgehead atoms. The van der Waals surface area contributed by atoms with Crippen LogP contribution in [0.15, 0.2) is 18.2 Å². The zero-order valence-electron chi connectivity index (χ0n) is 10.2. The predicted molar refractivity (Wildman–Crippen MR) is 67.0 cm³/mol. The van der Waals surface area contributed by atoms with Gasteiger partial charge in [-0.3, -0.25) is 9.59 Å². The lowest BCUT2D eigenvalue weighted by Gasteiger charge is -2.17. The van der Waals surface area contributed by atoms with E-state index in [2.05, 4.69) is 5.32 Å². The third-order valence-electron chi connectivity index (χ3n) is 3.20. The van der Waals surface area contributed by atoms with Gasteiger partial charge in [0.15, 0.2) is 0 Å². The third kappa shape index (κ3) is 3.21. The molecular weight excluding hydrogens is 251 g/mol. The number of carbonyl (C=O) groups is 2. The standard InChI is InChI=1S/C13H15FN2O3/c14-9-3-1-2-8(12(9)15)13(19)16-10(6-11(17)18)7-4-5-7/h1-3,7,10H,4-6,15H2,(H,16,19)(H,17,18). The molecule has 0 spiro atoms. The normalized spacial score (nSPS) is 15.8. The Morgan fingerprint density at radius 2 is 2.16 bits per heavy atom. The lowest BCUT2D eigenvalue weighted by molar-refractivity contribution is -0.137. The van der Waals surface area contributed by atoms with Gasteiger partial charge in [-0.05, 0) is 30.9 Å². The number of nitrogens with one attached hydrogen (secondary N) is 1. The van der Waals surface area contributed by atoms with E-state index in [0.29, 0.717) is 0 Å². The quantitative estimate of drug-likeness (QED) is 0.702. The average Bonchev–Trinajstić information content (AvgIpc) is 3.15. The molecule has 1 aliphatic rings. The van der Waals surface area contributed by atoms with Crippen LogP contribution < -0.4 is 11.1 Å². The fraction of sp³-hybridized carbons (Fsp3) is 0.385. The Hall–Kier alpha value is -2.11. The molecule has 1 aromatic rings. The summed E-state index contributed by atoms with van der Waals surface area (Å²) in [5.74, 6) is -1.97. The Morgan fingerprint density at radius 1 is 1.47 bits per heavy atom. The summed E-state index contributed by atoms with van der Waals surface area (Å²) in [5, 5.41) is 11.4. The van der Waals surface area contributed by atoms with Crippen LogP contribution >= 0.6 is 0 Å². The van der Waals surface area contributed by atoms with Gasteiger partial charge < -0.3 is 16.2 Å². The fourth-order valence-electron chi connectivity index (χ4n) is 2.00. The molecular formula is C13H15FN2O3. The Labute approximate surface area is 109 Å². The molecule has 1 aliphatic carbocycles. The minimum Gasteiger partial charge on any atom is -0.481 e. The van der Waals surface area contributed by atoms with E-state index in [1.807, 2.05) is 0 Å². The second kappa shape index (κ2) is 5.26. The van der Waals surface area contributed by atoms with Crippen molar-refractivity contribution >= 4 is 17.6 Å². The lowest BCUT2D eigenvalue weighted by Crippen LogP contribution is -2.38. The first-order chi connectivity index (χ1) is 8.99. The molecule has 1 fully saturated rings. The van der Waals surface area contributed by atoms with Gasteiger partial charge in [-0.2, -0.15) is 0 Å². The molecule has 0 saturated heterocycles. The van der Waals surface area contributed by atoms with Gasteiger partial charge in [-0.25, -0.2) is 4.39 Å². The molecule has 1 unspecified atom stereocenters. The van der Waals surface area contributed by atoms with Crippen LogP contribution in [-0.2, 0) is 4.79 Å².